The Labute approximate surface area is 107 Å². The number of primary amides is 1. The van der Waals surface area contributed by atoms with Crippen molar-refractivity contribution in [3.8, 4) is 6.07 Å². The van der Waals surface area contributed by atoms with Crippen molar-refractivity contribution >= 4 is 11.6 Å². The zero-order chi connectivity index (χ0) is 13.5. The summed E-state index contributed by atoms with van der Waals surface area (Å²) in [5.41, 5.74) is 8.06. The molecule has 0 saturated carbocycles. The van der Waals surface area contributed by atoms with Gasteiger partial charge in [0.25, 0.3) is 0 Å². The second-order valence-electron chi connectivity index (χ2n) is 4.23. The molecule has 5 nitrogen and oxygen atoms in total. The third kappa shape index (κ3) is 4.06. The number of rotatable bonds is 6. The molecule has 0 unspecified atom stereocenters. The van der Waals surface area contributed by atoms with E-state index >= 15 is 0 Å². The molecule has 18 heavy (non-hydrogen) atoms. The topological polar surface area (TPSA) is 91.8 Å². The number of nitriles is 1. The second kappa shape index (κ2) is 6.60. The van der Waals surface area contributed by atoms with Gasteiger partial charge < -0.3 is 11.1 Å². The van der Waals surface area contributed by atoms with Crippen LogP contribution >= 0.6 is 0 Å². The van der Waals surface area contributed by atoms with Crippen molar-refractivity contribution in [2.45, 2.75) is 33.1 Å². The molecular weight excluding hydrogens is 228 g/mol. The van der Waals surface area contributed by atoms with E-state index < -0.39 is 0 Å². The van der Waals surface area contributed by atoms with Gasteiger partial charge in [-0.05, 0) is 32.8 Å². The summed E-state index contributed by atoms with van der Waals surface area (Å²) in [6.07, 6.45) is 2.00. The molecule has 0 bridgehead atoms. The Morgan fingerprint density at radius 3 is 2.83 bits per heavy atom. The number of unbranched alkanes of at least 4 members (excludes halogenated alkanes) is 1. The summed E-state index contributed by atoms with van der Waals surface area (Å²) in [5.74, 6) is -0.275. The number of carbonyl (C=O) groups excluding carboxylic acids is 1. The summed E-state index contributed by atoms with van der Waals surface area (Å²) in [5, 5.41) is 12.3. The van der Waals surface area contributed by atoms with Gasteiger partial charge in [0.05, 0.1) is 16.9 Å². The molecule has 0 spiro atoms. The highest BCUT2D eigenvalue weighted by atomic mass is 16.1. The predicted octanol–water partition coefficient (Wildman–Crippen LogP) is 1.64. The SMILES string of the molecule is Cc1cc(NCCCCC(N)=O)c(C#N)c(C)n1. The first kappa shape index (κ1) is 14.0. The molecule has 1 amide bonds. The fourth-order valence-electron chi connectivity index (χ4n) is 1.76. The lowest BCUT2D eigenvalue weighted by atomic mass is 10.1. The van der Waals surface area contributed by atoms with Crippen LogP contribution in [0.15, 0.2) is 6.07 Å². The molecule has 0 aliphatic heterocycles. The maximum atomic E-state index is 10.6. The fourth-order valence-corrected chi connectivity index (χ4v) is 1.76. The number of carbonyl (C=O) groups is 1. The summed E-state index contributed by atoms with van der Waals surface area (Å²) < 4.78 is 0. The zero-order valence-electron chi connectivity index (χ0n) is 10.8. The normalized spacial score (nSPS) is 9.83. The molecule has 5 heteroatoms. The number of amides is 1. The van der Waals surface area contributed by atoms with Crippen LogP contribution in [0.3, 0.4) is 0 Å². The van der Waals surface area contributed by atoms with Gasteiger partial charge in [-0.15, -0.1) is 0 Å². The van der Waals surface area contributed by atoms with E-state index in [1.54, 1.807) is 0 Å². The van der Waals surface area contributed by atoms with Crippen LogP contribution < -0.4 is 11.1 Å². The van der Waals surface area contributed by atoms with Crippen molar-refractivity contribution in [3.63, 3.8) is 0 Å². The number of nitrogens with one attached hydrogen (secondary N) is 1. The van der Waals surface area contributed by atoms with Gasteiger partial charge in [0.1, 0.15) is 6.07 Å². The van der Waals surface area contributed by atoms with Crippen LogP contribution in [0.1, 0.15) is 36.2 Å². The summed E-state index contributed by atoms with van der Waals surface area (Å²) in [4.78, 5) is 14.8. The Kier molecular flexibility index (Phi) is 5.12. The maximum absolute atomic E-state index is 10.6. The summed E-state index contributed by atoms with van der Waals surface area (Å²) in [7, 11) is 0. The number of nitrogens with zero attached hydrogens (tertiary/aromatic N) is 2. The van der Waals surface area contributed by atoms with Crippen LogP contribution in [0.25, 0.3) is 0 Å². The van der Waals surface area contributed by atoms with E-state index in [4.69, 9.17) is 11.0 Å². The Morgan fingerprint density at radius 2 is 2.22 bits per heavy atom. The molecular formula is C13H18N4O. The molecule has 0 radical (unpaired) electrons. The monoisotopic (exact) mass is 246 g/mol. The molecule has 0 aliphatic carbocycles. The smallest absolute Gasteiger partial charge is 0.217 e. The van der Waals surface area contributed by atoms with Crippen molar-refractivity contribution < 1.29 is 4.79 Å². The van der Waals surface area contributed by atoms with Crippen molar-refractivity contribution in [1.82, 2.24) is 4.98 Å². The van der Waals surface area contributed by atoms with Crippen LogP contribution in [0.2, 0.25) is 0 Å². The van der Waals surface area contributed by atoms with E-state index in [-0.39, 0.29) is 5.91 Å². The molecule has 96 valence electrons. The van der Waals surface area contributed by atoms with Gasteiger partial charge in [-0.3, -0.25) is 9.78 Å². The Hall–Kier alpha value is -2.09. The van der Waals surface area contributed by atoms with E-state index in [2.05, 4.69) is 16.4 Å². The van der Waals surface area contributed by atoms with Gasteiger partial charge >= 0.3 is 0 Å². The van der Waals surface area contributed by atoms with E-state index in [1.807, 2.05) is 19.9 Å². The van der Waals surface area contributed by atoms with Crippen LogP contribution in [-0.2, 0) is 4.79 Å². The minimum absolute atomic E-state index is 0.275. The molecule has 3 N–H and O–H groups in total. The van der Waals surface area contributed by atoms with Crippen LogP contribution in [0.5, 0.6) is 0 Å². The average molecular weight is 246 g/mol. The number of nitrogens with two attached hydrogens (primary N) is 1. The van der Waals surface area contributed by atoms with Crippen molar-refractivity contribution in [2.24, 2.45) is 5.73 Å². The average Bonchev–Trinajstić information content (AvgIpc) is 2.27. The molecule has 0 saturated heterocycles. The third-order valence-corrected chi connectivity index (χ3v) is 2.61. The zero-order valence-corrected chi connectivity index (χ0v) is 10.8. The highest BCUT2D eigenvalue weighted by Gasteiger charge is 2.07. The molecule has 0 fully saturated rings. The second-order valence-corrected chi connectivity index (χ2v) is 4.23. The van der Waals surface area contributed by atoms with Crippen LogP contribution in [-0.4, -0.2) is 17.4 Å². The predicted molar refractivity (Wildman–Crippen MR) is 70.0 cm³/mol. The largest absolute Gasteiger partial charge is 0.384 e. The number of hydrogen-bond acceptors (Lipinski definition) is 4. The maximum Gasteiger partial charge on any atom is 0.217 e. The molecule has 1 aromatic rings. The minimum atomic E-state index is -0.275. The fraction of sp³-hybridized carbons (Fsp3) is 0.462. The molecule has 1 rings (SSSR count). The van der Waals surface area contributed by atoms with Crippen molar-refractivity contribution in [1.29, 1.82) is 5.26 Å². The number of hydrogen-bond donors (Lipinski definition) is 2. The molecule has 0 aliphatic rings. The van der Waals surface area contributed by atoms with Gasteiger partial charge in [-0.2, -0.15) is 5.26 Å². The summed E-state index contributed by atoms with van der Waals surface area (Å²) in [6.45, 7) is 4.43. The van der Waals surface area contributed by atoms with E-state index in [0.717, 1.165) is 29.9 Å². The lowest BCUT2D eigenvalue weighted by Crippen LogP contribution is -2.11. The van der Waals surface area contributed by atoms with Gasteiger partial charge in [-0.25, -0.2) is 0 Å². The number of anilines is 1. The van der Waals surface area contributed by atoms with Gasteiger partial charge in [-0.1, -0.05) is 0 Å². The lowest BCUT2D eigenvalue weighted by molar-refractivity contribution is -0.118. The third-order valence-electron chi connectivity index (χ3n) is 2.61. The van der Waals surface area contributed by atoms with Gasteiger partial charge in [0.15, 0.2) is 0 Å². The standard InChI is InChI=1S/C13H18N4O/c1-9-7-12(11(8-14)10(2)17-9)16-6-4-3-5-13(15)18/h7H,3-6H2,1-2H3,(H2,15,18)(H,16,17). The van der Waals surface area contributed by atoms with E-state index in [0.29, 0.717) is 18.5 Å². The van der Waals surface area contributed by atoms with Crippen LogP contribution in [0.4, 0.5) is 5.69 Å². The first-order chi connectivity index (χ1) is 8.54. The lowest BCUT2D eigenvalue weighted by Gasteiger charge is -2.10. The first-order valence-corrected chi connectivity index (χ1v) is 5.95. The molecule has 1 heterocycles. The minimum Gasteiger partial charge on any atom is -0.384 e. The number of pyridine rings is 1. The highest BCUT2D eigenvalue weighted by Crippen LogP contribution is 2.18. The van der Waals surface area contributed by atoms with E-state index in [1.165, 1.54) is 0 Å². The Bertz CT molecular complexity index is 477. The van der Waals surface area contributed by atoms with Gasteiger partial charge in [0.2, 0.25) is 5.91 Å². The molecule has 0 aromatic carbocycles. The first-order valence-electron chi connectivity index (χ1n) is 5.95. The van der Waals surface area contributed by atoms with Gasteiger partial charge in [0, 0.05) is 18.7 Å². The molecule has 1 aromatic heterocycles. The van der Waals surface area contributed by atoms with Crippen molar-refractivity contribution in [3.05, 3.63) is 23.0 Å². The van der Waals surface area contributed by atoms with Crippen LogP contribution in [0, 0.1) is 25.2 Å². The highest BCUT2D eigenvalue weighted by molar-refractivity contribution is 5.73. The number of aryl methyl sites for hydroxylation is 2. The quantitative estimate of drug-likeness (QED) is 0.746. The van der Waals surface area contributed by atoms with E-state index in [9.17, 15) is 4.79 Å². The summed E-state index contributed by atoms with van der Waals surface area (Å²) >= 11 is 0. The Balaban J connectivity index is 2.57. The Morgan fingerprint density at radius 1 is 1.50 bits per heavy atom. The summed E-state index contributed by atoms with van der Waals surface area (Å²) in [6, 6.07) is 4.01. The number of aromatic nitrogens is 1. The molecule has 0 atom stereocenters. The van der Waals surface area contributed by atoms with Crippen molar-refractivity contribution in [2.75, 3.05) is 11.9 Å².